The Morgan fingerprint density at radius 3 is 2.61 bits per heavy atom. The molecule has 3 rings (SSSR count). The smallest absolute Gasteiger partial charge is 0.305 e. The van der Waals surface area contributed by atoms with Gasteiger partial charge in [0.1, 0.15) is 11.3 Å². The normalized spacial score (nSPS) is 12.3. The molecule has 8 nitrogen and oxygen atoms in total. The summed E-state index contributed by atoms with van der Waals surface area (Å²) < 4.78 is 5.34. The molecule has 2 aromatic carbocycles. The molecule has 0 bridgehead atoms. The van der Waals surface area contributed by atoms with E-state index in [1.807, 2.05) is 24.3 Å². The number of aromatic amines is 2. The third kappa shape index (κ3) is 3.94. The molecule has 1 aromatic heterocycles. The summed E-state index contributed by atoms with van der Waals surface area (Å²) in [5.41, 5.74) is -0.102. The number of ether oxygens (including phenoxy) is 1. The first-order chi connectivity index (χ1) is 13.4. The molecule has 3 aromatic rings. The van der Waals surface area contributed by atoms with Gasteiger partial charge in [0.2, 0.25) is 5.88 Å². The number of benzene rings is 2. The van der Waals surface area contributed by atoms with Gasteiger partial charge in [0, 0.05) is 11.6 Å². The lowest BCUT2D eigenvalue weighted by atomic mass is 9.96. The van der Waals surface area contributed by atoms with E-state index in [2.05, 4.69) is 15.0 Å². The topological polar surface area (TPSA) is 128 Å². The van der Waals surface area contributed by atoms with Gasteiger partial charge in [0.25, 0.3) is 5.56 Å². The van der Waals surface area contributed by atoms with Crippen molar-refractivity contribution >= 4 is 35.2 Å². The average Bonchev–Trinajstić information content (AvgIpc) is 2.65. The average molecular weight is 399 g/mol. The number of fused-ring (bicyclic) bond motifs is 1. The Kier molecular flexibility index (Phi) is 5.55. The second kappa shape index (κ2) is 8.05. The maximum Gasteiger partial charge on any atom is 0.305 e. The van der Waals surface area contributed by atoms with Crippen molar-refractivity contribution in [1.29, 1.82) is 0 Å². The number of carboxylic acids is 1. The van der Waals surface area contributed by atoms with E-state index in [0.29, 0.717) is 11.3 Å². The lowest BCUT2D eigenvalue weighted by Crippen LogP contribution is -2.14. The van der Waals surface area contributed by atoms with Crippen LogP contribution in [-0.2, 0) is 4.79 Å². The Hall–Kier alpha value is -3.46. The predicted molar refractivity (Wildman–Crippen MR) is 107 cm³/mol. The molecule has 0 aliphatic heterocycles. The Bertz CT molecular complexity index is 1180. The van der Waals surface area contributed by atoms with Gasteiger partial charge in [-0.25, -0.2) is 0 Å². The van der Waals surface area contributed by atoms with Gasteiger partial charge in [-0.1, -0.05) is 30.3 Å². The van der Waals surface area contributed by atoms with Gasteiger partial charge in [-0.2, -0.15) is 0 Å². The molecule has 0 fully saturated rings. The highest BCUT2D eigenvalue weighted by Gasteiger charge is 2.18. The van der Waals surface area contributed by atoms with Crippen LogP contribution in [0.5, 0.6) is 11.6 Å². The first-order valence-corrected chi connectivity index (χ1v) is 8.67. The van der Waals surface area contributed by atoms with Gasteiger partial charge < -0.3 is 19.9 Å². The fraction of sp³-hybridized carbons (Fsp3) is 0.158. The van der Waals surface area contributed by atoms with Gasteiger partial charge in [0.05, 0.1) is 19.6 Å². The number of carboxylic acid groups (broad SMARTS) is 1. The molecule has 0 aliphatic carbocycles. The fourth-order valence-electron chi connectivity index (χ4n) is 2.94. The number of nitrogens with one attached hydrogen (secondary N) is 2. The van der Waals surface area contributed by atoms with E-state index in [9.17, 15) is 19.8 Å². The monoisotopic (exact) mass is 399 g/mol. The van der Waals surface area contributed by atoms with Crippen molar-refractivity contribution in [3.05, 3.63) is 62.6 Å². The van der Waals surface area contributed by atoms with Crippen LogP contribution in [0.4, 0.5) is 0 Å². The number of rotatable bonds is 6. The number of aromatic nitrogens is 2. The standard InChI is InChI=1S/C19H17N3O5S/c1-27-15-7-6-11(10-4-2-3-5-12(10)15)14(8-16(23)24)20-9-13-17(25)21-19(28)22-18(13)26/h2-7,9,14H,8H2,1H3,(H,23,24)(H3,21,22,25,26,28)/t14-/m0/s1. The summed E-state index contributed by atoms with van der Waals surface area (Å²) in [6.45, 7) is 0. The van der Waals surface area contributed by atoms with Crippen LogP contribution in [0.1, 0.15) is 23.6 Å². The highest BCUT2D eigenvalue weighted by atomic mass is 32.1. The van der Waals surface area contributed by atoms with Crippen molar-refractivity contribution in [1.82, 2.24) is 9.97 Å². The summed E-state index contributed by atoms with van der Waals surface area (Å²) in [5.74, 6) is -0.832. The van der Waals surface area contributed by atoms with E-state index in [1.165, 1.54) is 0 Å². The molecular formula is C19H17N3O5S. The number of hydrogen-bond acceptors (Lipinski definition) is 6. The minimum absolute atomic E-state index is 0.0251. The van der Waals surface area contributed by atoms with E-state index in [4.69, 9.17) is 17.0 Å². The van der Waals surface area contributed by atoms with E-state index < -0.39 is 23.5 Å². The quantitative estimate of drug-likeness (QED) is 0.373. The zero-order valence-corrected chi connectivity index (χ0v) is 15.6. The SMILES string of the molecule is COc1ccc([C@H](CC(=O)O)N=Cc2c(O)[nH]c(=S)[nH]c2=O)c2ccccc12. The number of aliphatic carboxylic acids is 1. The zero-order chi connectivity index (χ0) is 20.3. The number of methoxy groups -OCH3 is 1. The van der Waals surface area contributed by atoms with Crippen LogP contribution in [0.25, 0.3) is 10.8 Å². The Morgan fingerprint density at radius 1 is 1.25 bits per heavy atom. The Morgan fingerprint density at radius 2 is 1.96 bits per heavy atom. The molecule has 0 saturated heterocycles. The molecule has 0 radical (unpaired) electrons. The van der Waals surface area contributed by atoms with Crippen LogP contribution in [-0.4, -0.2) is 39.5 Å². The van der Waals surface area contributed by atoms with Crippen LogP contribution < -0.4 is 10.3 Å². The summed E-state index contributed by atoms with van der Waals surface area (Å²) in [4.78, 5) is 32.4. The molecule has 1 atom stereocenters. The van der Waals surface area contributed by atoms with Crippen molar-refractivity contribution in [3.8, 4) is 11.6 Å². The van der Waals surface area contributed by atoms with Crippen molar-refractivity contribution < 1.29 is 19.7 Å². The first-order valence-electron chi connectivity index (χ1n) is 8.27. The lowest BCUT2D eigenvalue weighted by molar-refractivity contribution is -0.137. The number of carbonyl (C=O) groups is 1. The van der Waals surface area contributed by atoms with Gasteiger partial charge in [-0.3, -0.25) is 19.6 Å². The number of aliphatic imine (C=N–C) groups is 1. The molecule has 4 N–H and O–H groups in total. The van der Waals surface area contributed by atoms with Crippen molar-refractivity contribution in [2.45, 2.75) is 12.5 Å². The van der Waals surface area contributed by atoms with Gasteiger partial charge >= 0.3 is 5.97 Å². The second-order valence-electron chi connectivity index (χ2n) is 5.96. The molecule has 0 saturated carbocycles. The minimum atomic E-state index is -1.05. The zero-order valence-electron chi connectivity index (χ0n) is 14.8. The van der Waals surface area contributed by atoms with Crippen LogP contribution >= 0.6 is 12.2 Å². The van der Waals surface area contributed by atoms with Crippen LogP contribution in [0.3, 0.4) is 0 Å². The molecule has 0 amide bonds. The summed E-state index contributed by atoms with van der Waals surface area (Å²) >= 11 is 4.79. The van der Waals surface area contributed by atoms with Crippen molar-refractivity contribution in [3.63, 3.8) is 0 Å². The summed E-state index contributed by atoms with van der Waals surface area (Å²) in [6.07, 6.45) is 0.848. The van der Waals surface area contributed by atoms with Crippen LogP contribution in [0, 0.1) is 4.77 Å². The summed E-state index contributed by atoms with van der Waals surface area (Å²) in [5, 5.41) is 20.8. The largest absolute Gasteiger partial charge is 0.496 e. The van der Waals surface area contributed by atoms with Crippen LogP contribution in [0.2, 0.25) is 0 Å². The highest BCUT2D eigenvalue weighted by molar-refractivity contribution is 7.71. The highest BCUT2D eigenvalue weighted by Crippen LogP contribution is 2.34. The van der Waals surface area contributed by atoms with E-state index in [0.717, 1.165) is 17.0 Å². The molecule has 0 unspecified atom stereocenters. The van der Waals surface area contributed by atoms with E-state index in [-0.39, 0.29) is 16.8 Å². The fourth-order valence-corrected chi connectivity index (χ4v) is 3.13. The molecule has 9 heteroatoms. The Labute approximate surface area is 164 Å². The maximum absolute atomic E-state index is 12.0. The van der Waals surface area contributed by atoms with Gasteiger partial charge in [-0.05, 0) is 29.2 Å². The summed E-state index contributed by atoms with van der Waals surface area (Å²) in [7, 11) is 1.56. The number of H-pyrrole nitrogens is 2. The van der Waals surface area contributed by atoms with Gasteiger partial charge in [0.15, 0.2) is 4.77 Å². The number of nitrogens with zero attached hydrogens (tertiary/aromatic N) is 1. The number of hydrogen-bond donors (Lipinski definition) is 4. The number of aromatic hydroxyl groups is 1. The summed E-state index contributed by atoms with van der Waals surface area (Å²) in [6, 6.07) is 10.1. The lowest BCUT2D eigenvalue weighted by Gasteiger charge is -2.15. The van der Waals surface area contributed by atoms with E-state index >= 15 is 0 Å². The third-order valence-corrected chi connectivity index (χ3v) is 4.41. The van der Waals surface area contributed by atoms with E-state index in [1.54, 1.807) is 19.2 Å². The minimum Gasteiger partial charge on any atom is -0.496 e. The second-order valence-corrected chi connectivity index (χ2v) is 6.37. The maximum atomic E-state index is 12.0. The molecule has 0 aliphatic rings. The first kappa shape index (κ1) is 19.3. The third-order valence-electron chi connectivity index (χ3n) is 4.21. The molecule has 1 heterocycles. The molecule has 144 valence electrons. The van der Waals surface area contributed by atoms with Crippen molar-refractivity contribution in [2.24, 2.45) is 4.99 Å². The van der Waals surface area contributed by atoms with Crippen molar-refractivity contribution in [2.75, 3.05) is 7.11 Å². The Balaban J connectivity index is 2.12. The van der Waals surface area contributed by atoms with Gasteiger partial charge in [-0.15, -0.1) is 0 Å². The predicted octanol–water partition coefficient (Wildman–Crippen LogP) is 2.93. The molecular weight excluding hydrogens is 382 g/mol. The van der Waals surface area contributed by atoms with Crippen LogP contribution in [0.15, 0.2) is 46.2 Å². The molecule has 28 heavy (non-hydrogen) atoms. The molecule has 0 spiro atoms.